The Hall–Kier alpha value is -8.40. The first-order valence-electron chi connectivity index (χ1n) is 21.5. The zero-order chi connectivity index (χ0) is 41.7. The third kappa shape index (κ3) is 6.38. The van der Waals surface area contributed by atoms with Gasteiger partial charge in [0.2, 0.25) is 0 Å². The van der Waals surface area contributed by atoms with Crippen molar-refractivity contribution in [3.63, 3.8) is 0 Å². The number of aromatic nitrogens is 1. The standard InChI is InChI=1S/C60H40N2O/c1-3-14-41(15-4-1)42-26-32-47(33-27-42)61(48-34-28-43(29-35-48)44-30-36-49(37-31-44)62-56-23-10-7-20-53(56)54-21-8-11-24-57(54)62)50-19-13-18-46(40-50)51-38-39-52(45-16-5-2-6-17-45)60-59(51)55-22-9-12-25-58(55)63-60/h1-40H. The molecule has 0 fully saturated rings. The van der Waals surface area contributed by atoms with E-state index in [0.29, 0.717) is 0 Å². The SMILES string of the molecule is c1ccc(-c2ccc(N(c3ccc(-c4ccc(-n5c6ccccc6c6ccccc65)cc4)cc3)c3cccc(-c4ccc(-c5ccccc5)c5oc6ccccc6c45)c3)cc2)cc1. The second kappa shape index (κ2) is 15.3. The lowest BCUT2D eigenvalue weighted by molar-refractivity contribution is 0.670. The molecule has 0 radical (unpaired) electrons. The number of para-hydroxylation sites is 3. The molecule has 12 aromatic rings. The van der Waals surface area contributed by atoms with Crippen LogP contribution in [0.5, 0.6) is 0 Å². The molecule has 296 valence electrons. The van der Waals surface area contributed by atoms with E-state index < -0.39 is 0 Å². The molecule has 0 amide bonds. The zero-order valence-corrected chi connectivity index (χ0v) is 34.4. The molecule has 0 bridgehead atoms. The highest BCUT2D eigenvalue weighted by molar-refractivity contribution is 6.16. The number of furan rings is 1. The maximum Gasteiger partial charge on any atom is 0.143 e. The molecule has 0 aliphatic heterocycles. The number of hydrogen-bond donors (Lipinski definition) is 0. The molecule has 12 rings (SSSR count). The zero-order valence-electron chi connectivity index (χ0n) is 34.4. The van der Waals surface area contributed by atoms with Gasteiger partial charge >= 0.3 is 0 Å². The monoisotopic (exact) mass is 804 g/mol. The van der Waals surface area contributed by atoms with E-state index in [1.165, 1.54) is 38.5 Å². The van der Waals surface area contributed by atoms with Crippen LogP contribution >= 0.6 is 0 Å². The minimum absolute atomic E-state index is 0.884. The van der Waals surface area contributed by atoms with Crippen molar-refractivity contribution >= 4 is 60.8 Å². The van der Waals surface area contributed by atoms with Crippen LogP contribution in [0, 0.1) is 0 Å². The molecule has 2 heterocycles. The molecule has 0 saturated heterocycles. The van der Waals surface area contributed by atoms with E-state index in [9.17, 15) is 0 Å². The minimum atomic E-state index is 0.884. The number of anilines is 3. The Morgan fingerprint density at radius 1 is 0.317 bits per heavy atom. The Morgan fingerprint density at radius 3 is 1.41 bits per heavy atom. The number of hydrogen-bond acceptors (Lipinski definition) is 2. The minimum Gasteiger partial charge on any atom is -0.455 e. The van der Waals surface area contributed by atoms with Gasteiger partial charge in [-0.3, -0.25) is 0 Å². The van der Waals surface area contributed by atoms with Crippen molar-refractivity contribution in [3.05, 3.63) is 243 Å². The molecular formula is C60H40N2O. The van der Waals surface area contributed by atoms with E-state index in [1.807, 2.05) is 6.07 Å². The van der Waals surface area contributed by atoms with Crippen LogP contribution in [0.1, 0.15) is 0 Å². The Morgan fingerprint density at radius 2 is 0.794 bits per heavy atom. The summed E-state index contributed by atoms with van der Waals surface area (Å²) in [5.74, 6) is 0. The van der Waals surface area contributed by atoms with Crippen molar-refractivity contribution in [1.29, 1.82) is 0 Å². The molecule has 0 unspecified atom stereocenters. The maximum atomic E-state index is 6.66. The van der Waals surface area contributed by atoms with Crippen molar-refractivity contribution in [2.45, 2.75) is 0 Å². The first-order chi connectivity index (χ1) is 31.2. The summed E-state index contributed by atoms with van der Waals surface area (Å²) in [7, 11) is 0. The van der Waals surface area contributed by atoms with Crippen LogP contribution in [0.15, 0.2) is 247 Å². The molecule has 0 aliphatic carbocycles. The van der Waals surface area contributed by atoms with Gasteiger partial charge < -0.3 is 13.9 Å². The lowest BCUT2D eigenvalue weighted by atomic mass is 9.94. The third-order valence-corrected chi connectivity index (χ3v) is 12.4. The third-order valence-electron chi connectivity index (χ3n) is 12.4. The molecule has 10 aromatic carbocycles. The van der Waals surface area contributed by atoms with E-state index in [4.69, 9.17) is 4.42 Å². The average molecular weight is 805 g/mol. The first kappa shape index (κ1) is 36.5. The van der Waals surface area contributed by atoms with Crippen molar-refractivity contribution in [3.8, 4) is 50.2 Å². The van der Waals surface area contributed by atoms with Gasteiger partial charge in [0, 0.05) is 49.9 Å². The van der Waals surface area contributed by atoms with Gasteiger partial charge in [-0.05, 0) is 112 Å². The smallest absolute Gasteiger partial charge is 0.143 e. The fourth-order valence-corrected chi connectivity index (χ4v) is 9.41. The van der Waals surface area contributed by atoms with Crippen LogP contribution < -0.4 is 4.90 Å². The van der Waals surface area contributed by atoms with Gasteiger partial charge in [-0.2, -0.15) is 0 Å². The lowest BCUT2D eigenvalue weighted by Gasteiger charge is -2.26. The second-order valence-electron chi connectivity index (χ2n) is 16.1. The second-order valence-corrected chi connectivity index (χ2v) is 16.1. The highest BCUT2D eigenvalue weighted by Gasteiger charge is 2.20. The van der Waals surface area contributed by atoms with Crippen LogP contribution in [0.2, 0.25) is 0 Å². The maximum absolute atomic E-state index is 6.66. The van der Waals surface area contributed by atoms with Crippen molar-refractivity contribution < 1.29 is 4.42 Å². The van der Waals surface area contributed by atoms with Gasteiger partial charge in [0.15, 0.2) is 0 Å². The topological polar surface area (TPSA) is 21.3 Å². The van der Waals surface area contributed by atoms with Gasteiger partial charge in [0.05, 0.1) is 11.0 Å². The molecule has 2 aromatic heterocycles. The van der Waals surface area contributed by atoms with E-state index in [0.717, 1.165) is 72.5 Å². The summed E-state index contributed by atoms with van der Waals surface area (Å²) in [5, 5.41) is 4.76. The predicted octanol–water partition coefficient (Wildman–Crippen LogP) is 16.8. The molecule has 0 saturated carbocycles. The highest BCUT2D eigenvalue weighted by atomic mass is 16.3. The fourth-order valence-electron chi connectivity index (χ4n) is 9.41. The van der Waals surface area contributed by atoms with Gasteiger partial charge in [-0.15, -0.1) is 0 Å². The van der Waals surface area contributed by atoms with Crippen LogP contribution in [0.25, 0.3) is 93.9 Å². The van der Waals surface area contributed by atoms with Crippen molar-refractivity contribution in [2.75, 3.05) is 4.90 Å². The van der Waals surface area contributed by atoms with Gasteiger partial charge in [-0.1, -0.05) is 170 Å². The van der Waals surface area contributed by atoms with E-state index in [1.54, 1.807) is 0 Å². The molecule has 0 spiro atoms. The summed E-state index contributed by atoms with van der Waals surface area (Å²) in [6, 6.07) is 86.9. The molecule has 0 atom stereocenters. The number of rotatable bonds is 8. The summed E-state index contributed by atoms with van der Waals surface area (Å²) in [4.78, 5) is 2.36. The fraction of sp³-hybridized carbons (Fsp3) is 0. The lowest BCUT2D eigenvalue weighted by Crippen LogP contribution is -2.10. The van der Waals surface area contributed by atoms with Gasteiger partial charge in [0.25, 0.3) is 0 Å². The molecule has 63 heavy (non-hydrogen) atoms. The van der Waals surface area contributed by atoms with Crippen molar-refractivity contribution in [1.82, 2.24) is 4.57 Å². The molecule has 0 aliphatic rings. The highest BCUT2D eigenvalue weighted by Crippen LogP contribution is 2.44. The summed E-state index contributed by atoms with van der Waals surface area (Å²) in [5.41, 5.74) is 17.8. The van der Waals surface area contributed by atoms with Crippen molar-refractivity contribution in [2.24, 2.45) is 0 Å². The Labute approximate surface area is 366 Å². The normalized spacial score (nSPS) is 11.5. The Balaban J connectivity index is 0.943. The molecule has 0 N–H and O–H groups in total. The molecular weight excluding hydrogens is 765 g/mol. The van der Waals surface area contributed by atoms with E-state index in [-0.39, 0.29) is 0 Å². The van der Waals surface area contributed by atoms with Crippen LogP contribution in [0.4, 0.5) is 17.1 Å². The van der Waals surface area contributed by atoms with Gasteiger partial charge in [0.1, 0.15) is 11.2 Å². The summed E-state index contributed by atoms with van der Waals surface area (Å²) in [6.07, 6.45) is 0. The number of benzene rings is 10. The quantitative estimate of drug-likeness (QED) is 0.153. The number of fused-ring (bicyclic) bond motifs is 6. The van der Waals surface area contributed by atoms with E-state index in [2.05, 4.69) is 246 Å². The summed E-state index contributed by atoms with van der Waals surface area (Å²) < 4.78 is 9.02. The first-order valence-corrected chi connectivity index (χ1v) is 21.5. The average Bonchev–Trinajstić information content (AvgIpc) is 3.92. The van der Waals surface area contributed by atoms with Crippen LogP contribution in [-0.4, -0.2) is 4.57 Å². The largest absolute Gasteiger partial charge is 0.455 e. The van der Waals surface area contributed by atoms with Crippen LogP contribution in [-0.2, 0) is 0 Å². The molecule has 3 heteroatoms. The Kier molecular flexibility index (Phi) is 8.83. The number of nitrogens with zero attached hydrogens (tertiary/aromatic N) is 2. The van der Waals surface area contributed by atoms with Crippen LogP contribution in [0.3, 0.4) is 0 Å². The Bertz CT molecular complexity index is 3530. The molecule has 3 nitrogen and oxygen atoms in total. The summed E-state index contributed by atoms with van der Waals surface area (Å²) in [6.45, 7) is 0. The van der Waals surface area contributed by atoms with Gasteiger partial charge in [-0.25, -0.2) is 0 Å². The van der Waals surface area contributed by atoms with E-state index >= 15 is 0 Å². The predicted molar refractivity (Wildman–Crippen MR) is 264 cm³/mol. The summed E-state index contributed by atoms with van der Waals surface area (Å²) >= 11 is 0.